The monoisotopic (exact) mass is 223 g/mol. The molecule has 1 aliphatic rings. The summed E-state index contributed by atoms with van der Waals surface area (Å²) in [5.41, 5.74) is 5.60. The maximum absolute atomic E-state index is 11.5. The van der Waals surface area contributed by atoms with Crippen LogP contribution in [0.1, 0.15) is 19.8 Å². The Balaban J connectivity index is 2.20. The van der Waals surface area contributed by atoms with Gasteiger partial charge in [-0.2, -0.15) is 0 Å². The van der Waals surface area contributed by atoms with Gasteiger partial charge in [0.2, 0.25) is 5.91 Å². The van der Waals surface area contributed by atoms with Gasteiger partial charge in [-0.1, -0.05) is 6.92 Å². The second kappa shape index (κ2) is 6.51. The number of carbonyl (C=O) groups excluding carboxylic acids is 1. The lowest BCUT2D eigenvalue weighted by Crippen LogP contribution is -2.42. The number of carbonyl (C=O) groups is 1. The fourth-order valence-corrected chi connectivity index (χ4v) is 1.96. The lowest BCUT2D eigenvalue weighted by atomic mass is 10.1. The van der Waals surface area contributed by atoms with Crippen LogP contribution in [0.25, 0.3) is 0 Å². The van der Waals surface area contributed by atoms with E-state index < -0.39 is 6.04 Å². The standard InChI is InChI=1S/C12H21N3O/c1-3-5-11(13)12(16)14-8-10-6-7-15(4-2)9-10/h1,10-11H,4-9,13H2,2H3,(H,14,16). The third-order valence-electron chi connectivity index (χ3n) is 3.06. The first-order valence-corrected chi connectivity index (χ1v) is 5.86. The van der Waals surface area contributed by atoms with Crippen molar-refractivity contribution < 1.29 is 4.79 Å². The first kappa shape index (κ1) is 13.0. The summed E-state index contributed by atoms with van der Waals surface area (Å²) in [6.45, 7) is 6.16. The summed E-state index contributed by atoms with van der Waals surface area (Å²) in [6.07, 6.45) is 6.56. The van der Waals surface area contributed by atoms with Crippen LogP contribution in [0.2, 0.25) is 0 Å². The van der Waals surface area contributed by atoms with Gasteiger partial charge < -0.3 is 16.0 Å². The van der Waals surface area contributed by atoms with Crippen molar-refractivity contribution in [2.45, 2.75) is 25.8 Å². The molecule has 0 aromatic heterocycles. The quantitative estimate of drug-likeness (QED) is 0.634. The highest BCUT2D eigenvalue weighted by Crippen LogP contribution is 2.14. The van der Waals surface area contributed by atoms with Crippen LogP contribution in [-0.4, -0.2) is 43.0 Å². The molecule has 90 valence electrons. The maximum Gasteiger partial charge on any atom is 0.237 e. The van der Waals surface area contributed by atoms with Gasteiger partial charge in [0.1, 0.15) is 0 Å². The van der Waals surface area contributed by atoms with Crippen LogP contribution in [0.4, 0.5) is 0 Å². The Morgan fingerprint density at radius 3 is 3.06 bits per heavy atom. The highest BCUT2D eigenvalue weighted by Gasteiger charge is 2.22. The third-order valence-corrected chi connectivity index (χ3v) is 3.06. The van der Waals surface area contributed by atoms with Crippen molar-refractivity contribution in [3.05, 3.63) is 0 Å². The van der Waals surface area contributed by atoms with Gasteiger partial charge in [-0.25, -0.2) is 0 Å². The lowest BCUT2D eigenvalue weighted by Gasteiger charge is -2.15. The molecule has 0 aromatic carbocycles. The molecule has 3 N–H and O–H groups in total. The normalized spacial score (nSPS) is 22.7. The average Bonchev–Trinajstić information content (AvgIpc) is 2.74. The first-order valence-electron chi connectivity index (χ1n) is 5.86. The van der Waals surface area contributed by atoms with E-state index in [0.717, 1.165) is 26.1 Å². The molecule has 16 heavy (non-hydrogen) atoms. The van der Waals surface area contributed by atoms with E-state index >= 15 is 0 Å². The first-order chi connectivity index (χ1) is 7.67. The smallest absolute Gasteiger partial charge is 0.237 e. The molecule has 0 aromatic rings. The van der Waals surface area contributed by atoms with Crippen molar-refractivity contribution in [1.29, 1.82) is 0 Å². The van der Waals surface area contributed by atoms with E-state index in [9.17, 15) is 4.79 Å². The van der Waals surface area contributed by atoms with E-state index in [-0.39, 0.29) is 5.91 Å². The van der Waals surface area contributed by atoms with Crippen LogP contribution in [0.15, 0.2) is 0 Å². The number of nitrogens with zero attached hydrogens (tertiary/aromatic N) is 1. The molecule has 4 heteroatoms. The van der Waals surface area contributed by atoms with Gasteiger partial charge >= 0.3 is 0 Å². The minimum Gasteiger partial charge on any atom is -0.354 e. The zero-order valence-corrected chi connectivity index (χ0v) is 9.91. The van der Waals surface area contributed by atoms with Gasteiger partial charge in [-0.3, -0.25) is 4.79 Å². The molecule has 2 atom stereocenters. The predicted octanol–water partition coefficient (Wildman–Crippen LogP) is -0.205. The average molecular weight is 223 g/mol. The zero-order chi connectivity index (χ0) is 12.0. The molecule has 0 aliphatic carbocycles. The zero-order valence-electron chi connectivity index (χ0n) is 9.91. The predicted molar refractivity (Wildman–Crippen MR) is 64.7 cm³/mol. The SMILES string of the molecule is C#CCC(N)C(=O)NCC1CCN(CC)C1. The van der Waals surface area contributed by atoms with Crippen molar-refractivity contribution in [3.8, 4) is 12.3 Å². The summed E-state index contributed by atoms with van der Waals surface area (Å²) in [4.78, 5) is 13.9. The molecule has 2 unspecified atom stereocenters. The minimum atomic E-state index is -0.561. The number of terminal acetylenes is 1. The molecule has 1 heterocycles. The molecule has 0 radical (unpaired) electrons. The van der Waals surface area contributed by atoms with Gasteiger partial charge in [0, 0.05) is 19.5 Å². The molecule has 0 bridgehead atoms. The van der Waals surface area contributed by atoms with Crippen molar-refractivity contribution in [2.75, 3.05) is 26.2 Å². The van der Waals surface area contributed by atoms with Crippen molar-refractivity contribution in [3.63, 3.8) is 0 Å². The van der Waals surface area contributed by atoms with Crippen LogP contribution >= 0.6 is 0 Å². The summed E-state index contributed by atoms with van der Waals surface area (Å²) in [6, 6.07) is -0.561. The molecule has 0 saturated carbocycles. The summed E-state index contributed by atoms with van der Waals surface area (Å²) < 4.78 is 0. The molecule has 1 fully saturated rings. The van der Waals surface area contributed by atoms with Gasteiger partial charge in [0.05, 0.1) is 6.04 Å². The minimum absolute atomic E-state index is 0.132. The summed E-state index contributed by atoms with van der Waals surface area (Å²) in [5, 5.41) is 2.87. The Morgan fingerprint density at radius 2 is 2.50 bits per heavy atom. The number of likely N-dealkylation sites (tertiary alicyclic amines) is 1. The van der Waals surface area contributed by atoms with E-state index in [1.165, 1.54) is 0 Å². The summed E-state index contributed by atoms with van der Waals surface area (Å²) in [7, 11) is 0. The number of hydrogen-bond donors (Lipinski definition) is 2. The van der Waals surface area contributed by atoms with Crippen LogP contribution < -0.4 is 11.1 Å². The topological polar surface area (TPSA) is 58.4 Å². The number of amides is 1. The van der Waals surface area contributed by atoms with E-state index in [1.807, 2.05) is 0 Å². The van der Waals surface area contributed by atoms with E-state index in [2.05, 4.69) is 23.1 Å². The van der Waals surface area contributed by atoms with Crippen LogP contribution in [0.5, 0.6) is 0 Å². The second-order valence-electron chi connectivity index (χ2n) is 4.31. The van der Waals surface area contributed by atoms with Crippen molar-refractivity contribution in [2.24, 2.45) is 11.7 Å². The molecular formula is C12H21N3O. The Kier molecular flexibility index (Phi) is 5.30. The lowest BCUT2D eigenvalue weighted by molar-refractivity contribution is -0.122. The van der Waals surface area contributed by atoms with E-state index in [1.54, 1.807) is 0 Å². The summed E-state index contributed by atoms with van der Waals surface area (Å²) in [5.74, 6) is 2.82. The molecule has 0 spiro atoms. The Bertz CT molecular complexity index is 272. The molecule has 1 aliphatic heterocycles. The van der Waals surface area contributed by atoms with Gasteiger partial charge in [-0.05, 0) is 25.4 Å². The molecule has 1 saturated heterocycles. The molecule has 1 rings (SSSR count). The maximum atomic E-state index is 11.5. The Hall–Kier alpha value is -1.05. The van der Waals surface area contributed by atoms with Crippen LogP contribution in [-0.2, 0) is 4.79 Å². The second-order valence-corrected chi connectivity index (χ2v) is 4.31. The fourth-order valence-electron chi connectivity index (χ4n) is 1.96. The van der Waals surface area contributed by atoms with Crippen LogP contribution in [0, 0.1) is 18.3 Å². The van der Waals surface area contributed by atoms with E-state index in [0.29, 0.717) is 18.9 Å². The fraction of sp³-hybridized carbons (Fsp3) is 0.750. The number of nitrogens with two attached hydrogens (primary N) is 1. The molecule has 1 amide bonds. The summed E-state index contributed by atoms with van der Waals surface area (Å²) >= 11 is 0. The van der Waals surface area contributed by atoms with Crippen molar-refractivity contribution in [1.82, 2.24) is 10.2 Å². The number of rotatable bonds is 5. The van der Waals surface area contributed by atoms with Gasteiger partial charge in [0.15, 0.2) is 0 Å². The van der Waals surface area contributed by atoms with Gasteiger partial charge in [-0.15, -0.1) is 12.3 Å². The van der Waals surface area contributed by atoms with Crippen molar-refractivity contribution >= 4 is 5.91 Å². The number of hydrogen-bond acceptors (Lipinski definition) is 3. The van der Waals surface area contributed by atoms with E-state index in [4.69, 9.17) is 12.2 Å². The highest BCUT2D eigenvalue weighted by molar-refractivity contribution is 5.81. The van der Waals surface area contributed by atoms with Crippen LogP contribution in [0.3, 0.4) is 0 Å². The largest absolute Gasteiger partial charge is 0.354 e. The molecule has 4 nitrogen and oxygen atoms in total. The van der Waals surface area contributed by atoms with Gasteiger partial charge in [0.25, 0.3) is 0 Å². The molecular weight excluding hydrogens is 202 g/mol. The highest BCUT2D eigenvalue weighted by atomic mass is 16.2. The Labute approximate surface area is 97.6 Å². The Morgan fingerprint density at radius 1 is 1.75 bits per heavy atom. The third kappa shape index (κ3) is 3.84. The number of nitrogens with one attached hydrogen (secondary N) is 1.